The highest BCUT2D eigenvalue weighted by molar-refractivity contribution is 9.10. The van der Waals surface area contributed by atoms with Gasteiger partial charge in [-0.2, -0.15) is 0 Å². The van der Waals surface area contributed by atoms with Crippen LogP contribution in [0.25, 0.3) is 11.0 Å². The SMILES string of the molecule is Oc1ccc2nc(Br)n(C3CC3)c2c1. The average Bonchev–Trinajstić information content (AvgIpc) is 2.90. The first kappa shape index (κ1) is 8.29. The van der Waals surface area contributed by atoms with E-state index in [1.807, 2.05) is 6.07 Å². The lowest BCUT2D eigenvalue weighted by atomic mass is 10.3. The number of phenols is 1. The van der Waals surface area contributed by atoms with Crippen LogP contribution in [0, 0.1) is 0 Å². The van der Waals surface area contributed by atoms with Crippen molar-refractivity contribution in [3.8, 4) is 5.75 Å². The van der Waals surface area contributed by atoms with Crippen molar-refractivity contribution >= 4 is 27.0 Å². The van der Waals surface area contributed by atoms with Crippen LogP contribution in [0.3, 0.4) is 0 Å². The average molecular weight is 253 g/mol. The van der Waals surface area contributed by atoms with Crippen LogP contribution in [-0.2, 0) is 0 Å². The Morgan fingerprint density at radius 1 is 1.43 bits per heavy atom. The summed E-state index contributed by atoms with van der Waals surface area (Å²) in [4.78, 5) is 4.38. The standard InChI is InChI=1S/C10H9BrN2O/c11-10-12-8-4-3-7(14)5-9(8)13(10)6-1-2-6/h3-6,14H,1-2H2. The molecule has 1 aliphatic rings. The minimum Gasteiger partial charge on any atom is -0.508 e. The van der Waals surface area contributed by atoms with Crippen molar-refractivity contribution in [1.29, 1.82) is 0 Å². The van der Waals surface area contributed by atoms with E-state index in [0.29, 0.717) is 11.8 Å². The molecule has 2 aromatic rings. The highest BCUT2D eigenvalue weighted by Gasteiger charge is 2.27. The molecule has 1 aliphatic carbocycles. The Morgan fingerprint density at radius 3 is 2.93 bits per heavy atom. The normalized spacial score (nSPS) is 16.4. The molecular weight excluding hydrogens is 244 g/mol. The van der Waals surface area contributed by atoms with Crippen molar-refractivity contribution in [2.24, 2.45) is 0 Å². The second kappa shape index (κ2) is 2.73. The fourth-order valence-electron chi connectivity index (χ4n) is 1.73. The number of hydrogen-bond acceptors (Lipinski definition) is 2. The quantitative estimate of drug-likeness (QED) is 0.848. The van der Waals surface area contributed by atoms with Crippen molar-refractivity contribution in [3.63, 3.8) is 0 Å². The number of halogens is 1. The van der Waals surface area contributed by atoms with E-state index >= 15 is 0 Å². The minimum absolute atomic E-state index is 0.298. The highest BCUT2D eigenvalue weighted by atomic mass is 79.9. The van der Waals surface area contributed by atoms with Crippen LogP contribution < -0.4 is 0 Å². The molecule has 0 aliphatic heterocycles. The monoisotopic (exact) mass is 252 g/mol. The maximum atomic E-state index is 9.41. The second-order valence-corrected chi connectivity index (χ2v) is 4.36. The molecule has 0 saturated heterocycles. The Labute approximate surface area is 89.5 Å². The van der Waals surface area contributed by atoms with E-state index in [0.717, 1.165) is 15.8 Å². The van der Waals surface area contributed by atoms with Crippen LogP contribution in [0.2, 0.25) is 0 Å². The van der Waals surface area contributed by atoms with Crippen molar-refractivity contribution in [2.45, 2.75) is 18.9 Å². The number of hydrogen-bond donors (Lipinski definition) is 1. The number of aromatic hydroxyl groups is 1. The van der Waals surface area contributed by atoms with Crippen molar-refractivity contribution in [1.82, 2.24) is 9.55 Å². The molecule has 1 saturated carbocycles. The molecule has 0 spiro atoms. The zero-order valence-electron chi connectivity index (χ0n) is 7.44. The number of fused-ring (bicyclic) bond motifs is 1. The third-order valence-corrected chi connectivity index (χ3v) is 3.10. The molecule has 1 heterocycles. The van der Waals surface area contributed by atoms with Crippen LogP contribution in [0.4, 0.5) is 0 Å². The number of benzene rings is 1. The molecule has 1 N–H and O–H groups in total. The molecule has 0 bridgehead atoms. The van der Waals surface area contributed by atoms with Crippen LogP contribution in [0.15, 0.2) is 22.9 Å². The summed E-state index contributed by atoms with van der Waals surface area (Å²) in [5.74, 6) is 0.298. The van der Waals surface area contributed by atoms with Gasteiger partial charge in [0.15, 0.2) is 4.73 Å². The van der Waals surface area contributed by atoms with Gasteiger partial charge in [-0.05, 0) is 40.9 Å². The molecule has 72 valence electrons. The summed E-state index contributed by atoms with van der Waals surface area (Å²) in [5, 5.41) is 9.41. The molecule has 0 radical (unpaired) electrons. The lowest BCUT2D eigenvalue weighted by Crippen LogP contribution is -1.92. The number of rotatable bonds is 1. The summed E-state index contributed by atoms with van der Waals surface area (Å²) in [6.45, 7) is 0. The minimum atomic E-state index is 0.298. The van der Waals surface area contributed by atoms with Crippen LogP contribution in [0.5, 0.6) is 5.75 Å². The molecule has 4 heteroatoms. The van der Waals surface area contributed by atoms with Gasteiger partial charge in [0.1, 0.15) is 5.75 Å². The van der Waals surface area contributed by atoms with Crippen LogP contribution in [0.1, 0.15) is 18.9 Å². The van der Waals surface area contributed by atoms with E-state index in [-0.39, 0.29) is 0 Å². The van der Waals surface area contributed by atoms with E-state index in [1.165, 1.54) is 12.8 Å². The van der Waals surface area contributed by atoms with Crippen molar-refractivity contribution in [2.75, 3.05) is 0 Å². The van der Waals surface area contributed by atoms with E-state index in [2.05, 4.69) is 25.5 Å². The predicted octanol–water partition coefficient (Wildman–Crippen LogP) is 2.84. The molecule has 0 amide bonds. The van der Waals surface area contributed by atoms with Crippen LogP contribution >= 0.6 is 15.9 Å². The zero-order chi connectivity index (χ0) is 9.71. The Hall–Kier alpha value is -1.03. The maximum absolute atomic E-state index is 9.41. The molecule has 3 nitrogen and oxygen atoms in total. The highest BCUT2D eigenvalue weighted by Crippen LogP contribution is 2.40. The molecule has 1 aromatic heterocycles. The zero-order valence-corrected chi connectivity index (χ0v) is 9.03. The number of aromatic nitrogens is 2. The third-order valence-electron chi connectivity index (χ3n) is 2.54. The summed E-state index contributed by atoms with van der Waals surface area (Å²) in [6.07, 6.45) is 2.42. The van der Waals surface area contributed by atoms with Gasteiger partial charge in [-0.25, -0.2) is 4.98 Å². The molecule has 1 fully saturated rings. The molecule has 1 aromatic carbocycles. The first-order valence-electron chi connectivity index (χ1n) is 4.62. The van der Waals surface area contributed by atoms with Gasteiger partial charge >= 0.3 is 0 Å². The Morgan fingerprint density at radius 2 is 2.21 bits per heavy atom. The van der Waals surface area contributed by atoms with E-state index in [4.69, 9.17) is 0 Å². The lowest BCUT2D eigenvalue weighted by Gasteiger charge is -2.02. The van der Waals surface area contributed by atoms with Gasteiger partial charge in [-0.15, -0.1) is 0 Å². The second-order valence-electron chi connectivity index (χ2n) is 3.66. The Kier molecular flexibility index (Phi) is 1.62. The lowest BCUT2D eigenvalue weighted by molar-refractivity contribution is 0.476. The summed E-state index contributed by atoms with van der Waals surface area (Å²) in [6, 6.07) is 5.84. The maximum Gasteiger partial charge on any atom is 0.178 e. The molecule has 0 unspecified atom stereocenters. The summed E-state index contributed by atoms with van der Waals surface area (Å²) < 4.78 is 3.01. The number of phenolic OH excluding ortho intramolecular Hbond substituents is 1. The van der Waals surface area contributed by atoms with Gasteiger partial charge in [-0.1, -0.05) is 0 Å². The number of imidazole rings is 1. The Bertz CT molecular complexity index is 502. The fraction of sp³-hybridized carbons (Fsp3) is 0.300. The van der Waals surface area contributed by atoms with Gasteiger partial charge in [0, 0.05) is 12.1 Å². The van der Waals surface area contributed by atoms with Crippen molar-refractivity contribution < 1.29 is 5.11 Å². The van der Waals surface area contributed by atoms with Gasteiger partial charge in [0.25, 0.3) is 0 Å². The summed E-state index contributed by atoms with van der Waals surface area (Å²) in [5.41, 5.74) is 1.95. The summed E-state index contributed by atoms with van der Waals surface area (Å²) in [7, 11) is 0. The fourth-order valence-corrected chi connectivity index (χ4v) is 2.40. The van der Waals surface area contributed by atoms with Crippen LogP contribution in [-0.4, -0.2) is 14.7 Å². The van der Waals surface area contributed by atoms with E-state index in [9.17, 15) is 5.11 Å². The molecular formula is C10H9BrN2O. The first-order chi connectivity index (χ1) is 6.75. The Balaban J connectivity index is 2.34. The molecule has 3 rings (SSSR count). The van der Waals surface area contributed by atoms with E-state index < -0.39 is 0 Å². The predicted molar refractivity (Wildman–Crippen MR) is 57.4 cm³/mol. The first-order valence-corrected chi connectivity index (χ1v) is 5.41. The molecule has 0 atom stereocenters. The van der Waals surface area contributed by atoms with E-state index in [1.54, 1.807) is 12.1 Å². The summed E-state index contributed by atoms with van der Waals surface area (Å²) >= 11 is 3.44. The topological polar surface area (TPSA) is 38.1 Å². The van der Waals surface area contributed by atoms with Gasteiger partial charge in [-0.3, -0.25) is 0 Å². The van der Waals surface area contributed by atoms with Gasteiger partial charge in [0.2, 0.25) is 0 Å². The molecule has 14 heavy (non-hydrogen) atoms. The smallest absolute Gasteiger partial charge is 0.178 e. The van der Waals surface area contributed by atoms with Crippen molar-refractivity contribution in [3.05, 3.63) is 22.9 Å². The van der Waals surface area contributed by atoms with Gasteiger partial charge < -0.3 is 9.67 Å². The van der Waals surface area contributed by atoms with Gasteiger partial charge in [0.05, 0.1) is 11.0 Å². The number of nitrogens with zero attached hydrogens (tertiary/aromatic N) is 2. The largest absolute Gasteiger partial charge is 0.508 e. The third kappa shape index (κ3) is 1.14.